The SMILES string of the molecule is CC(C)(C)OC(=O)N1CCN(c2cc(Cl)ncn2)C(C(=O)O)C1. The van der Waals surface area contributed by atoms with Gasteiger partial charge in [-0.1, -0.05) is 11.6 Å². The summed E-state index contributed by atoms with van der Waals surface area (Å²) in [7, 11) is 0. The van der Waals surface area contributed by atoms with Gasteiger partial charge in [0.25, 0.3) is 0 Å². The number of ether oxygens (including phenoxy) is 1. The minimum absolute atomic E-state index is 0.00582. The number of aromatic nitrogens is 2. The lowest BCUT2D eigenvalue weighted by Gasteiger charge is -2.40. The van der Waals surface area contributed by atoms with Crippen molar-refractivity contribution in [1.29, 1.82) is 0 Å². The summed E-state index contributed by atoms with van der Waals surface area (Å²) in [6, 6.07) is 0.572. The van der Waals surface area contributed by atoms with Crippen LogP contribution in [0.1, 0.15) is 20.8 Å². The van der Waals surface area contributed by atoms with E-state index in [4.69, 9.17) is 16.3 Å². The average molecular weight is 343 g/mol. The van der Waals surface area contributed by atoms with Gasteiger partial charge in [0.15, 0.2) is 0 Å². The molecule has 1 unspecified atom stereocenters. The molecule has 1 saturated heterocycles. The maximum atomic E-state index is 12.1. The van der Waals surface area contributed by atoms with Gasteiger partial charge in [0.1, 0.15) is 28.9 Å². The molecule has 1 aliphatic rings. The summed E-state index contributed by atoms with van der Waals surface area (Å²) in [4.78, 5) is 34.5. The van der Waals surface area contributed by atoms with Crippen LogP contribution < -0.4 is 4.90 Å². The van der Waals surface area contributed by atoms with Crippen LogP contribution in [0.25, 0.3) is 0 Å². The zero-order valence-electron chi connectivity index (χ0n) is 13.2. The van der Waals surface area contributed by atoms with E-state index in [1.54, 1.807) is 25.7 Å². The molecule has 1 aliphatic heterocycles. The summed E-state index contributed by atoms with van der Waals surface area (Å²) < 4.78 is 5.29. The summed E-state index contributed by atoms with van der Waals surface area (Å²) in [5.41, 5.74) is -0.632. The summed E-state index contributed by atoms with van der Waals surface area (Å²) in [5, 5.41) is 9.70. The lowest BCUT2D eigenvalue weighted by atomic mass is 10.1. The topological polar surface area (TPSA) is 95.9 Å². The molecule has 1 N–H and O–H groups in total. The fourth-order valence-electron chi connectivity index (χ4n) is 2.24. The highest BCUT2D eigenvalue weighted by Crippen LogP contribution is 2.21. The number of hydrogen-bond acceptors (Lipinski definition) is 6. The van der Waals surface area contributed by atoms with E-state index < -0.39 is 23.7 Å². The Bertz CT molecular complexity index is 605. The fourth-order valence-corrected chi connectivity index (χ4v) is 2.38. The quantitative estimate of drug-likeness (QED) is 0.816. The fraction of sp³-hybridized carbons (Fsp3) is 0.571. The van der Waals surface area contributed by atoms with E-state index in [-0.39, 0.29) is 11.7 Å². The highest BCUT2D eigenvalue weighted by Gasteiger charge is 2.36. The number of aliphatic carboxylic acids is 1. The molecule has 0 aliphatic carbocycles. The van der Waals surface area contributed by atoms with Crippen LogP contribution in [-0.4, -0.2) is 63.3 Å². The minimum Gasteiger partial charge on any atom is -0.480 e. The molecule has 0 bridgehead atoms. The van der Waals surface area contributed by atoms with Gasteiger partial charge in [-0.2, -0.15) is 0 Å². The summed E-state index contributed by atoms with van der Waals surface area (Å²) in [6.45, 7) is 5.94. The second-order valence-electron chi connectivity index (χ2n) is 6.17. The predicted molar refractivity (Wildman–Crippen MR) is 83.6 cm³/mol. The Morgan fingerprint density at radius 3 is 2.61 bits per heavy atom. The lowest BCUT2D eigenvalue weighted by molar-refractivity contribution is -0.139. The first kappa shape index (κ1) is 17.3. The van der Waals surface area contributed by atoms with Crippen LogP contribution in [0.3, 0.4) is 0 Å². The van der Waals surface area contributed by atoms with E-state index in [0.29, 0.717) is 18.9 Å². The number of nitrogens with zero attached hydrogens (tertiary/aromatic N) is 4. The van der Waals surface area contributed by atoms with Crippen molar-refractivity contribution >= 4 is 29.5 Å². The molecule has 126 valence electrons. The zero-order chi connectivity index (χ0) is 17.2. The van der Waals surface area contributed by atoms with E-state index >= 15 is 0 Å². The number of hydrogen-bond donors (Lipinski definition) is 1. The van der Waals surface area contributed by atoms with Crippen LogP contribution in [-0.2, 0) is 9.53 Å². The van der Waals surface area contributed by atoms with Crippen molar-refractivity contribution in [2.24, 2.45) is 0 Å². The van der Waals surface area contributed by atoms with E-state index in [0.717, 1.165) is 0 Å². The third-order valence-corrected chi connectivity index (χ3v) is 3.44. The monoisotopic (exact) mass is 342 g/mol. The van der Waals surface area contributed by atoms with Crippen LogP contribution in [0.4, 0.5) is 10.6 Å². The van der Waals surface area contributed by atoms with Crippen LogP contribution in [0.5, 0.6) is 0 Å². The standard InChI is InChI=1S/C14H19ClN4O4/c1-14(2,3)23-13(22)18-4-5-19(9(7-18)12(20)21)11-6-10(15)16-8-17-11/h6,8-9H,4-5,7H2,1-3H3,(H,20,21). The van der Waals surface area contributed by atoms with Crippen molar-refractivity contribution in [3.05, 3.63) is 17.5 Å². The smallest absolute Gasteiger partial charge is 0.410 e. The van der Waals surface area contributed by atoms with E-state index in [2.05, 4.69) is 9.97 Å². The first-order valence-corrected chi connectivity index (χ1v) is 7.50. The van der Waals surface area contributed by atoms with E-state index in [1.165, 1.54) is 17.3 Å². The van der Waals surface area contributed by atoms with Gasteiger partial charge in [-0.05, 0) is 20.8 Å². The Morgan fingerprint density at radius 2 is 2.04 bits per heavy atom. The highest BCUT2D eigenvalue weighted by molar-refractivity contribution is 6.29. The molecule has 1 fully saturated rings. The number of amides is 1. The number of rotatable bonds is 2. The Hall–Kier alpha value is -2.09. The molecule has 2 heterocycles. The van der Waals surface area contributed by atoms with Gasteiger partial charge < -0.3 is 19.6 Å². The molecular weight excluding hydrogens is 324 g/mol. The first-order valence-electron chi connectivity index (χ1n) is 7.12. The zero-order valence-corrected chi connectivity index (χ0v) is 13.9. The molecule has 9 heteroatoms. The number of anilines is 1. The second kappa shape index (κ2) is 6.57. The number of carboxylic acid groups (broad SMARTS) is 1. The lowest BCUT2D eigenvalue weighted by Crippen LogP contribution is -2.58. The number of halogens is 1. The van der Waals surface area contributed by atoms with Crippen molar-refractivity contribution in [3.63, 3.8) is 0 Å². The van der Waals surface area contributed by atoms with Crippen molar-refractivity contribution in [3.8, 4) is 0 Å². The van der Waals surface area contributed by atoms with Crippen molar-refractivity contribution < 1.29 is 19.4 Å². The predicted octanol–water partition coefficient (Wildman–Crippen LogP) is 1.64. The summed E-state index contributed by atoms with van der Waals surface area (Å²) >= 11 is 5.83. The van der Waals surface area contributed by atoms with Gasteiger partial charge in [-0.25, -0.2) is 19.6 Å². The van der Waals surface area contributed by atoms with E-state index in [9.17, 15) is 14.7 Å². The van der Waals surface area contributed by atoms with Gasteiger partial charge in [-0.15, -0.1) is 0 Å². The van der Waals surface area contributed by atoms with Gasteiger partial charge in [0, 0.05) is 19.2 Å². The molecule has 1 amide bonds. The Labute approximate surface area is 139 Å². The van der Waals surface area contributed by atoms with Crippen molar-refractivity contribution in [2.75, 3.05) is 24.5 Å². The van der Waals surface area contributed by atoms with Gasteiger partial charge in [0.2, 0.25) is 0 Å². The summed E-state index contributed by atoms with van der Waals surface area (Å²) in [5.74, 6) is -0.630. The summed E-state index contributed by atoms with van der Waals surface area (Å²) in [6.07, 6.45) is 0.751. The van der Waals surface area contributed by atoms with Crippen LogP contribution in [0.2, 0.25) is 5.15 Å². The molecule has 0 spiro atoms. The molecule has 0 aromatic carbocycles. The number of piperazine rings is 1. The Kier molecular flexibility index (Phi) is 4.93. The maximum Gasteiger partial charge on any atom is 0.410 e. The molecule has 1 atom stereocenters. The number of carbonyl (C=O) groups is 2. The molecule has 2 rings (SSSR count). The average Bonchev–Trinajstić information content (AvgIpc) is 2.44. The third kappa shape index (κ3) is 4.44. The molecule has 1 aromatic heterocycles. The van der Waals surface area contributed by atoms with Crippen LogP contribution in [0, 0.1) is 0 Å². The number of carboxylic acids is 1. The van der Waals surface area contributed by atoms with Crippen molar-refractivity contribution in [2.45, 2.75) is 32.4 Å². The maximum absolute atomic E-state index is 12.1. The van der Waals surface area contributed by atoms with Crippen molar-refractivity contribution in [1.82, 2.24) is 14.9 Å². The number of carbonyl (C=O) groups excluding carboxylic acids is 1. The minimum atomic E-state index is -1.05. The first-order chi connectivity index (χ1) is 10.7. The second-order valence-corrected chi connectivity index (χ2v) is 6.56. The molecular formula is C14H19ClN4O4. The largest absolute Gasteiger partial charge is 0.480 e. The normalized spacial score (nSPS) is 18.7. The molecule has 0 saturated carbocycles. The molecule has 0 radical (unpaired) electrons. The van der Waals surface area contributed by atoms with Crippen LogP contribution in [0.15, 0.2) is 12.4 Å². The van der Waals surface area contributed by atoms with Gasteiger partial charge in [-0.3, -0.25) is 0 Å². The third-order valence-electron chi connectivity index (χ3n) is 3.23. The Morgan fingerprint density at radius 1 is 1.35 bits per heavy atom. The van der Waals surface area contributed by atoms with Gasteiger partial charge in [0.05, 0.1) is 6.54 Å². The molecule has 23 heavy (non-hydrogen) atoms. The molecule has 1 aromatic rings. The van der Waals surface area contributed by atoms with Crippen LogP contribution >= 0.6 is 11.6 Å². The highest BCUT2D eigenvalue weighted by atomic mass is 35.5. The Balaban J connectivity index is 2.15. The van der Waals surface area contributed by atoms with Gasteiger partial charge >= 0.3 is 12.1 Å². The molecule has 8 nitrogen and oxygen atoms in total. The van der Waals surface area contributed by atoms with E-state index in [1.807, 2.05) is 0 Å².